The molecule has 9 heteroatoms. The number of aryl methyl sites for hydroxylation is 1. The minimum atomic E-state index is -0.811. The van der Waals surface area contributed by atoms with Crippen LogP contribution in [0.2, 0.25) is 0 Å². The molecule has 2 aliphatic rings. The smallest absolute Gasteiger partial charge is 0.338 e. The first-order valence-electron chi connectivity index (χ1n) is 10.5. The first-order valence-corrected chi connectivity index (χ1v) is 10.5. The fourth-order valence-corrected chi connectivity index (χ4v) is 4.09. The van der Waals surface area contributed by atoms with Crippen LogP contribution in [0.4, 0.5) is 0 Å². The van der Waals surface area contributed by atoms with E-state index in [1.807, 2.05) is 42.5 Å². The van der Waals surface area contributed by atoms with Crippen molar-refractivity contribution in [2.45, 2.75) is 31.5 Å². The number of esters is 1. The summed E-state index contributed by atoms with van der Waals surface area (Å²) in [5.74, 6) is -0.492. The molecule has 0 unspecified atom stereocenters. The average Bonchev–Trinajstić information content (AvgIpc) is 3.44. The Labute approximate surface area is 188 Å². The number of benzene rings is 2. The van der Waals surface area contributed by atoms with Gasteiger partial charge < -0.3 is 18.9 Å². The molecule has 0 radical (unpaired) electrons. The van der Waals surface area contributed by atoms with E-state index in [0.717, 1.165) is 11.1 Å². The van der Waals surface area contributed by atoms with E-state index in [-0.39, 0.29) is 13.4 Å². The van der Waals surface area contributed by atoms with E-state index in [0.29, 0.717) is 11.1 Å². The number of aromatic nitrogens is 2. The topological polar surface area (TPSA) is 109 Å². The lowest BCUT2D eigenvalue weighted by Crippen LogP contribution is -2.37. The van der Waals surface area contributed by atoms with Crippen LogP contribution in [0, 0.1) is 6.92 Å². The molecule has 0 amide bonds. The number of aromatic amines is 1. The van der Waals surface area contributed by atoms with Crippen LogP contribution in [-0.4, -0.2) is 47.2 Å². The summed E-state index contributed by atoms with van der Waals surface area (Å²) in [5.41, 5.74) is 1.76. The van der Waals surface area contributed by atoms with Gasteiger partial charge in [0.1, 0.15) is 31.7 Å². The van der Waals surface area contributed by atoms with Crippen LogP contribution in [0.5, 0.6) is 0 Å². The van der Waals surface area contributed by atoms with Crippen LogP contribution in [0.3, 0.4) is 0 Å². The molecular formula is C24H22N2O7. The van der Waals surface area contributed by atoms with Gasteiger partial charge in [0, 0.05) is 11.8 Å². The lowest BCUT2D eigenvalue weighted by atomic mass is 10.0. The molecule has 5 rings (SSSR count). The van der Waals surface area contributed by atoms with Crippen molar-refractivity contribution in [1.82, 2.24) is 9.55 Å². The molecule has 2 saturated heterocycles. The summed E-state index contributed by atoms with van der Waals surface area (Å²) in [6, 6.07) is 17.0. The summed E-state index contributed by atoms with van der Waals surface area (Å²) in [6.45, 7) is 1.56. The standard InChI is InChI=1S/C24H22N2O7/c1-14-11-26(24(29)25-21(14)27)22-20-19(31-13-32-20)18(33-22)12-30-23(28)17-9-7-16(8-10-17)15-5-3-2-4-6-15/h2-11,18-20,22H,12-13H2,1H3,(H,25,27,29)/t18-,19-,20-,22-/m1/s1. The first-order chi connectivity index (χ1) is 16.0. The Balaban J connectivity index is 1.27. The van der Waals surface area contributed by atoms with Crippen molar-refractivity contribution in [3.8, 4) is 11.1 Å². The Kier molecular flexibility index (Phi) is 5.67. The third-order valence-electron chi connectivity index (χ3n) is 5.83. The van der Waals surface area contributed by atoms with Crippen LogP contribution in [0.1, 0.15) is 22.1 Å². The number of nitrogens with zero attached hydrogens (tertiary/aromatic N) is 1. The fourth-order valence-electron chi connectivity index (χ4n) is 4.09. The van der Waals surface area contributed by atoms with Crippen LogP contribution >= 0.6 is 0 Å². The molecule has 3 heterocycles. The predicted molar refractivity (Wildman–Crippen MR) is 117 cm³/mol. The maximum Gasteiger partial charge on any atom is 0.338 e. The summed E-state index contributed by atoms with van der Waals surface area (Å²) < 4.78 is 23.9. The lowest BCUT2D eigenvalue weighted by Gasteiger charge is -2.19. The molecule has 0 spiro atoms. The summed E-state index contributed by atoms with van der Waals surface area (Å²) in [7, 11) is 0. The number of hydrogen-bond donors (Lipinski definition) is 1. The van der Waals surface area contributed by atoms with Crippen molar-refractivity contribution in [2.24, 2.45) is 0 Å². The second kappa shape index (κ2) is 8.78. The number of H-pyrrole nitrogens is 1. The van der Waals surface area contributed by atoms with Crippen LogP contribution in [-0.2, 0) is 18.9 Å². The van der Waals surface area contributed by atoms with Gasteiger partial charge in [-0.3, -0.25) is 14.3 Å². The molecular weight excluding hydrogens is 428 g/mol. The highest BCUT2D eigenvalue weighted by atomic mass is 16.7. The first kappa shape index (κ1) is 21.3. The second-order valence-electron chi connectivity index (χ2n) is 7.97. The molecule has 1 N–H and O–H groups in total. The molecule has 0 saturated carbocycles. The van der Waals surface area contributed by atoms with Crippen molar-refractivity contribution in [1.29, 1.82) is 0 Å². The highest BCUT2D eigenvalue weighted by Crippen LogP contribution is 2.36. The number of hydrogen-bond acceptors (Lipinski definition) is 7. The van der Waals surface area contributed by atoms with Crippen molar-refractivity contribution >= 4 is 5.97 Å². The Morgan fingerprint density at radius 3 is 2.48 bits per heavy atom. The maximum atomic E-state index is 12.6. The number of ether oxygens (including phenoxy) is 4. The van der Waals surface area contributed by atoms with Crippen molar-refractivity contribution < 1.29 is 23.7 Å². The Bertz CT molecular complexity index is 1270. The molecule has 0 bridgehead atoms. The number of fused-ring (bicyclic) bond motifs is 1. The molecule has 1 aromatic heterocycles. The van der Waals surface area contributed by atoms with E-state index < -0.39 is 41.8 Å². The summed E-state index contributed by atoms with van der Waals surface area (Å²) in [6.07, 6.45) is -1.10. The van der Waals surface area contributed by atoms with Crippen molar-refractivity contribution in [3.05, 3.63) is 92.8 Å². The number of carbonyl (C=O) groups excluding carboxylic acids is 1. The SMILES string of the molecule is Cc1cn([C@@H]2O[C@H](COC(=O)c3ccc(-c4ccccc4)cc3)[C@H]3OCO[C@H]32)c(=O)[nH]c1=O. The van der Waals surface area contributed by atoms with Crippen LogP contribution in [0.25, 0.3) is 11.1 Å². The molecule has 2 aliphatic heterocycles. The number of carbonyl (C=O) groups is 1. The normalized spacial score (nSPS) is 23.9. The molecule has 2 aromatic carbocycles. The monoisotopic (exact) mass is 450 g/mol. The van der Waals surface area contributed by atoms with Gasteiger partial charge in [0.25, 0.3) is 5.56 Å². The van der Waals surface area contributed by atoms with Gasteiger partial charge in [0.15, 0.2) is 6.23 Å². The summed E-state index contributed by atoms with van der Waals surface area (Å²) in [4.78, 5) is 38.8. The number of nitrogens with one attached hydrogen (secondary N) is 1. The maximum absolute atomic E-state index is 12.6. The van der Waals surface area contributed by atoms with Crippen LogP contribution in [0.15, 0.2) is 70.4 Å². The third-order valence-corrected chi connectivity index (χ3v) is 5.83. The fraction of sp³-hybridized carbons (Fsp3) is 0.292. The molecule has 3 aromatic rings. The summed E-state index contributed by atoms with van der Waals surface area (Å²) >= 11 is 0. The van der Waals surface area contributed by atoms with Gasteiger partial charge in [0.2, 0.25) is 0 Å². The van der Waals surface area contributed by atoms with Gasteiger partial charge in [-0.05, 0) is 30.2 Å². The minimum absolute atomic E-state index is 0.0394. The van der Waals surface area contributed by atoms with Gasteiger partial charge in [-0.2, -0.15) is 0 Å². The van der Waals surface area contributed by atoms with E-state index in [4.69, 9.17) is 18.9 Å². The highest BCUT2D eigenvalue weighted by molar-refractivity contribution is 5.90. The van der Waals surface area contributed by atoms with E-state index >= 15 is 0 Å². The quantitative estimate of drug-likeness (QED) is 0.592. The van der Waals surface area contributed by atoms with Crippen LogP contribution < -0.4 is 11.2 Å². The Morgan fingerprint density at radius 2 is 1.73 bits per heavy atom. The molecule has 9 nitrogen and oxygen atoms in total. The van der Waals surface area contributed by atoms with E-state index in [9.17, 15) is 14.4 Å². The van der Waals surface area contributed by atoms with Gasteiger partial charge in [-0.1, -0.05) is 42.5 Å². The molecule has 4 atom stereocenters. The predicted octanol–water partition coefficient (Wildman–Crippen LogP) is 2.01. The van der Waals surface area contributed by atoms with Crippen molar-refractivity contribution in [2.75, 3.05) is 13.4 Å². The van der Waals surface area contributed by atoms with E-state index in [1.165, 1.54) is 10.8 Å². The summed E-state index contributed by atoms with van der Waals surface area (Å²) in [5, 5.41) is 0. The molecule has 2 fully saturated rings. The minimum Gasteiger partial charge on any atom is -0.459 e. The molecule has 33 heavy (non-hydrogen) atoms. The van der Waals surface area contributed by atoms with Gasteiger partial charge >= 0.3 is 11.7 Å². The highest BCUT2D eigenvalue weighted by Gasteiger charge is 2.51. The van der Waals surface area contributed by atoms with Gasteiger partial charge in [-0.15, -0.1) is 0 Å². The third kappa shape index (κ3) is 4.13. The van der Waals surface area contributed by atoms with Gasteiger partial charge in [-0.25, -0.2) is 9.59 Å². The molecule has 0 aliphatic carbocycles. The zero-order valence-electron chi connectivity index (χ0n) is 17.8. The van der Waals surface area contributed by atoms with E-state index in [1.54, 1.807) is 19.1 Å². The zero-order valence-corrected chi connectivity index (χ0v) is 17.8. The second-order valence-corrected chi connectivity index (χ2v) is 7.97. The lowest BCUT2D eigenvalue weighted by molar-refractivity contribution is -0.112. The van der Waals surface area contributed by atoms with Gasteiger partial charge in [0.05, 0.1) is 5.56 Å². The molecule has 170 valence electrons. The average molecular weight is 450 g/mol. The largest absolute Gasteiger partial charge is 0.459 e. The Hall–Kier alpha value is -3.53. The Morgan fingerprint density at radius 1 is 1.03 bits per heavy atom. The zero-order chi connectivity index (χ0) is 22.9. The van der Waals surface area contributed by atoms with Crippen molar-refractivity contribution in [3.63, 3.8) is 0 Å². The van der Waals surface area contributed by atoms with E-state index in [2.05, 4.69) is 4.98 Å². The number of rotatable bonds is 5.